The van der Waals surface area contributed by atoms with Crippen LogP contribution in [0.3, 0.4) is 0 Å². The average Bonchev–Trinajstić information content (AvgIpc) is 3.77. The molecular weight excluding hydrogens is 885 g/mol. The van der Waals surface area contributed by atoms with Crippen molar-refractivity contribution in [2.75, 3.05) is 39.6 Å². The first-order chi connectivity index (χ1) is 23.0. The monoisotopic (exact) mass is 942 g/mol. The van der Waals surface area contributed by atoms with Crippen molar-refractivity contribution in [2.45, 2.75) is 61.3 Å². The number of ether oxygens (including phenoxy) is 4. The van der Waals surface area contributed by atoms with Crippen LogP contribution in [0.4, 0.5) is 0 Å². The van der Waals surface area contributed by atoms with Crippen LogP contribution in [0.1, 0.15) is 73.0 Å². The Balaban J connectivity index is 0.00000302. The summed E-state index contributed by atoms with van der Waals surface area (Å²) in [6.45, 7) is 19.4. The van der Waals surface area contributed by atoms with E-state index in [2.05, 4.69) is 89.2 Å². The predicted octanol–water partition coefficient (Wildman–Crippen LogP) is 10.4. The summed E-state index contributed by atoms with van der Waals surface area (Å²) in [4.78, 5) is 16.2. The van der Waals surface area contributed by atoms with E-state index in [-0.39, 0.29) is 68.6 Å². The number of aromatic nitrogens is 4. The topological polar surface area (TPSA) is 94.3 Å². The molecule has 0 saturated carbocycles. The van der Waals surface area contributed by atoms with E-state index in [4.69, 9.17) is 18.9 Å². The first-order valence-corrected chi connectivity index (χ1v) is 17.0. The Bertz CT molecular complexity index is 1700. The summed E-state index contributed by atoms with van der Waals surface area (Å²) >= 11 is 0. The van der Waals surface area contributed by atoms with Crippen LogP contribution in [0, 0.1) is 27.2 Å². The summed E-state index contributed by atoms with van der Waals surface area (Å²) in [7, 11) is 0. The van der Waals surface area contributed by atoms with Gasteiger partial charge in [0, 0.05) is 38.1 Å². The first-order valence-electron chi connectivity index (χ1n) is 17.0. The van der Waals surface area contributed by atoms with Crippen molar-refractivity contribution in [3.8, 4) is 45.0 Å². The molecule has 0 spiro atoms. The van der Waals surface area contributed by atoms with Gasteiger partial charge in [-0.1, -0.05) is 72.7 Å². The van der Waals surface area contributed by atoms with E-state index in [1.807, 2.05) is 53.3 Å². The average molecular weight is 943 g/mol. The molecule has 5 aromatic rings. The quantitative estimate of drug-likeness (QED) is 0.171. The summed E-state index contributed by atoms with van der Waals surface area (Å²) in [5, 5.41) is 0. The number of rotatable bonds is 5. The van der Waals surface area contributed by atoms with Crippen molar-refractivity contribution >= 4 is 11.0 Å². The zero-order valence-corrected chi connectivity index (χ0v) is 38.0. The summed E-state index contributed by atoms with van der Waals surface area (Å²) in [5.74, 6) is 4.20. The number of H-pyrrole nitrogens is 2. The molecule has 3 aromatic carbocycles. The molecule has 8 nitrogen and oxygen atoms in total. The van der Waals surface area contributed by atoms with E-state index < -0.39 is 0 Å². The maximum absolute atomic E-state index is 6.35. The molecule has 3 heterocycles. The molecule has 0 aliphatic carbocycles. The summed E-state index contributed by atoms with van der Waals surface area (Å²) in [6, 6.07) is 18.9. The van der Waals surface area contributed by atoms with E-state index >= 15 is 0 Å². The largest absolute Gasteiger partial charge is 3.00 e. The number of nitrogens with one attached hydrogen (secondary N) is 2. The van der Waals surface area contributed by atoms with Crippen LogP contribution in [0.15, 0.2) is 60.8 Å². The Morgan fingerprint density at radius 1 is 0.686 bits per heavy atom. The normalized spacial score (nSPS) is 13.0. The predicted molar refractivity (Wildman–Crippen MR) is 205 cm³/mol. The molecule has 2 bridgehead atoms. The molecule has 1 aliphatic heterocycles. The smallest absolute Gasteiger partial charge is 0.491 e. The molecule has 1 aliphatic rings. The number of aromatic amines is 2. The number of imidazole rings is 2. The molecule has 0 radical (unpaired) electrons. The van der Waals surface area contributed by atoms with Crippen LogP contribution in [0.2, 0.25) is 0 Å². The van der Waals surface area contributed by atoms with Crippen LogP contribution in [-0.2, 0) is 63.2 Å². The van der Waals surface area contributed by atoms with Crippen LogP contribution in [0.5, 0.6) is 11.5 Å². The molecule has 0 saturated heterocycles. The van der Waals surface area contributed by atoms with Gasteiger partial charge in [-0.25, -0.2) is 4.98 Å². The van der Waals surface area contributed by atoms with Gasteiger partial charge >= 0.3 is 32.7 Å². The minimum Gasteiger partial charge on any atom is -0.491 e. The molecular formula is C41H57N4O4WY. The molecule has 6 rings (SSSR count). The second-order valence-corrected chi connectivity index (χ2v) is 11.2. The third-order valence-corrected chi connectivity index (χ3v) is 8.04. The van der Waals surface area contributed by atoms with Gasteiger partial charge in [0.25, 0.3) is 0 Å². The van der Waals surface area contributed by atoms with E-state index in [9.17, 15) is 0 Å². The van der Waals surface area contributed by atoms with Gasteiger partial charge in [-0.2, -0.15) is 6.92 Å². The maximum atomic E-state index is 6.35. The fraction of sp³-hybridized carbons (Fsp3) is 0.390. The van der Waals surface area contributed by atoms with E-state index in [1.54, 1.807) is 0 Å². The SMILES string of the molecule is CC.CC.C[CH-]c1nc2ccc(-c3ccc4c(c3)OCCOCCOCCOc3cc-4ccc3-c3cnc([C@H](C)C(C)C)[nH]3)cc2[nH]1.[CH3-].[CH3-].[W].[Y+3]. The fourth-order valence-electron chi connectivity index (χ4n) is 5.20. The Kier molecular flexibility index (Phi) is 23.5. The summed E-state index contributed by atoms with van der Waals surface area (Å²) in [6.07, 6.45) is 3.87. The molecule has 51 heavy (non-hydrogen) atoms. The molecule has 2 aromatic heterocycles. The Morgan fingerprint density at radius 2 is 1.22 bits per heavy atom. The number of nitrogens with zero attached hydrogens (tertiary/aromatic N) is 2. The van der Waals surface area contributed by atoms with Gasteiger partial charge in [0.2, 0.25) is 0 Å². The minimum atomic E-state index is 0. The van der Waals surface area contributed by atoms with Crippen LogP contribution < -0.4 is 9.47 Å². The van der Waals surface area contributed by atoms with Crippen molar-refractivity contribution in [2.24, 2.45) is 5.92 Å². The Labute approximate surface area is 346 Å². The minimum absolute atomic E-state index is 0. The van der Waals surface area contributed by atoms with Crippen LogP contribution in [-0.4, -0.2) is 59.6 Å². The molecule has 0 unspecified atom stereocenters. The molecule has 1 atom stereocenters. The van der Waals surface area contributed by atoms with E-state index in [0.717, 1.165) is 67.7 Å². The number of fused-ring (bicyclic) bond motifs is 5. The maximum Gasteiger partial charge on any atom is 3.00 e. The molecule has 0 fully saturated rings. The fourth-order valence-corrected chi connectivity index (χ4v) is 5.20. The van der Waals surface area contributed by atoms with Gasteiger partial charge in [-0.15, -0.1) is 0 Å². The standard InChI is InChI=1S/C35H39N4O4.2C2H6.2CH3.W.Y/c1-5-34-37-29-11-8-24(18-30(29)38-34)25-6-9-27-26-7-10-28(31-21-36-35(39-31)23(4)22(2)3)33(20-26)43-17-15-41-13-12-40-14-16-42-32(27)19-25;2*1-2;;;;/h5-11,18-23H,12-17H2,1-4H3,(H,36,39)(H,37,38);2*1-2H3;2*1H3;;/q-1;;;2*-1;;+3/t23-;;;;;;/m1....../s1. The molecule has 274 valence electrons. The number of hydrogen-bond donors (Lipinski definition) is 2. The zero-order valence-electron chi connectivity index (χ0n) is 32.3. The molecule has 10 heteroatoms. The van der Waals surface area contributed by atoms with Crippen LogP contribution >= 0.6 is 0 Å². The van der Waals surface area contributed by atoms with E-state index in [1.165, 1.54) is 0 Å². The van der Waals surface area contributed by atoms with Gasteiger partial charge in [0.1, 0.15) is 30.5 Å². The van der Waals surface area contributed by atoms with Crippen molar-refractivity contribution < 1.29 is 72.7 Å². The van der Waals surface area contributed by atoms with Gasteiger partial charge in [0.15, 0.2) is 0 Å². The number of benzene rings is 3. The third-order valence-electron chi connectivity index (χ3n) is 8.04. The van der Waals surface area contributed by atoms with Crippen molar-refractivity contribution in [1.29, 1.82) is 0 Å². The Hall–Kier alpha value is -2.48. The van der Waals surface area contributed by atoms with Gasteiger partial charge in [0.05, 0.1) is 49.4 Å². The molecule has 0 amide bonds. The van der Waals surface area contributed by atoms with Gasteiger partial charge in [-0.3, -0.25) is 4.98 Å². The number of hydrogen-bond acceptors (Lipinski definition) is 6. The molecule has 2 N–H and O–H groups in total. The Morgan fingerprint density at radius 3 is 1.84 bits per heavy atom. The zero-order chi connectivity index (χ0) is 33.8. The third kappa shape index (κ3) is 12.6. The summed E-state index contributed by atoms with van der Waals surface area (Å²) < 4.78 is 24.2. The first kappa shape index (κ1) is 48.5. The van der Waals surface area contributed by atoms with Gasteiger partial charge in [-0.05, 0) is 58.8 Å². The van der Waals surface area contributed by atoms with Crippen LogP contribution in [0.25, 0.3) is 44.5 Å². The van der Waals surface area contributed by atoms with E-state index in [0.29, 0.717) is 51.5 Å². The van der Waals surface area contributed by atoms with Crippen molar-refractivity contribution in [1.82, 2.24) is 19.9 Å². The second-order valence-electron chi connectivity index (χ2n) is 11.2. The van der Waals surface area contributed by atoms with Crippen molar-refractivity contribution in [3.05, 3.63) is 93.7 Å². The van der Waals surface area contributed by atoms with Gasteiger partial charge < -0.3 is 50.2 Å². The summed E-state index contributed by atoms with van der Waals surface area (Å²) in [5.41, 5.74) is 7.96. The van der Waals surface area contributed by atoms with Crippen molar-refractivity contribution in [3.63, 3.8) is 0 Å². The second kappa shape index (κ2) is 24.7.